The largest absolute Gasteiger partial charge is 0.466 e. The van der Waals surface area contributed by atoms with E-state index in [1.807, 2.05) is 13.8 Å². The Morgan fingerprint density at radius 3 is 2.60 bits per heavy atom. The van der Waals surface area contributed by atoms with Crippen LogP contribution in [0, 0.1) is 5.41 Å². The number of carbonyl (C=O) groups excluding carboxylic acids is 2. The first kappa shape index (κ1) is 11.8. The van der Waals surface area contributed by atoms with Gasteiger partial charge in [0.15, 0.2) is 0 Å². The maximum absolute atomic E-state index is 11.6. The highest BCUT2D eigenvalue weighted by atomic mass is 16.5. The molecule has 1 saturated heterocycles. The highest BCUT2D eigenvalue weighted by Crippen LogP contribution is 2.33. The highest BCUT2D eigenvalue weighted by molar-refractivity contribution is 5.90. The van der Waals surface area contributed by atoms with Crippen molar-refractivity contribution in [1.82, 2.24) is 4.90 Å². The predicted octanol–water partition coefficient (Wildman–Crippen LogP) is 1.32. The monoisotopic (exact) mass is 211 g/mol. The van der Waals surface area contributed by atoms with Gasteiger partial charge in [0.1, 0.15) is 0 Å². The first-order valence-electron chi connectivity index (χ1n) is 5.04. The molecule has 1 rings (SSSR count). The van der Waals surface area contributed by atoms with Crippen LogP contribution in [0.4, 0.5) is 0 Å². The average Bonchev–Trinajstić information content (AvgIpc) is 2.14. The molecule has 0 radical (unpaired) electrons. The van der Waals surface area contributed by atoms with E-state index in [4.69, 9.17) is 4.74 Å². The van der Waals surface area contributed by atoms with Crippen molar-refractivity contribution in [1.29, 1.82) is 0 Å². The molecule has 0 N–H and O–H groups in total. The topological polar surface area (TPSA) is 46.6 Å². The Morgan fingerprint density at radius 2 is 2.20 bits per heavy atom. The van der Waals surface area contributed by atoms with Gasteiger partial charge in [0.25, 0.3) is 0 Å². The SMILES string of the molecule is C=C(CC(=O)OCC)N1CC(C)(C)C1=O. The van der Waals surface area contributed by atoms with Crippen LogP contribution in [0.15, 0.2) is 12.3 Å². The second-order valence-corrected chi connectivity index (χ2v) is 4.32. The number of β-lactam (4-membered cyclic amide) rings is 1. The predicted molar refractivity (Wildman–Crippen MR) is 55.9 cm³/mol. The van der Waals surface area contributed by atoms with Crippen molar-refractivity contribution >= 4 is 11.9 Å². The molecule has 0 aromatic carbocycles. The minimum Gasteiger partial charge on any atom is -0.466 e. The molecule has 1 fully saturated rings. The Morgan fingerprint density at radius 1 is 1.60 bits per heavy atom. The third-order valence-electron chi connectivity index (χ3n) is 2.41. The van der Waals surface area contributed by atoms with Gasteiger partial charge in [-0.15, -0.1) is 0 Å². The molecule has 0 aliphatic carbocycles. The van der Waals surface area contributed by atoms with Crippen LogP contribution in [0.1, 0.15) is 27.2 Å². The fourth-order valence-electron chi connectivity index (χ4n) is 1.54. The highest BCUT2D eigenvalue weighted by Gasteiger charge is 2.45. The molecule has 0 aromatic heterocycles. The minimum atomic E-state index is -0.333. The van der Waals surface area contributed by atoms with Crippen molar-refractivity contribution in [2.45, 2.75) is 27.2 Å². The maximum Gasteiger partial charge on any atom is 0.311 e. The Hall–Kier alpha value is -1.32. The number of hydrogen-bond acceptors (Lipinski definition) is 3. The van der Waals surface area contributed by atoms with E-state index in [9.17, 15) is 9.59 Å². The lowest BCUT2D eigenvalue weighted by Gasteiger charge is -2.45. The Balaban J connectivity index is 2.44. The molecular weight excluding hydrogens is 194 g/mol. The van der Waals surface area contributed by atoms with Crippen molar-refractivity contribution in [2.75, 3.05) is 13.2 Å². The summed E-state index contributed by atoms with van der Waals surface area (Å²) in [5.41, 5.74) is 0.218. The van der Waals surface area contributed by atoms with Gasteiger partial charge in [-0.05, 0) is 20.8 Å². The minimum absolute atomic E-state index is 0.0248. The van der Waals surface area contributed by atoms with Gasteiger partial charge in [0.2, 0.25) is 5.91 Å². The van der Waals surface area contributed by atoms with Gasteiger partial charge < -0.3 is 9.64 Å². The molecule has 0 unspecified atom stereocenters. The summed E-state index contributed by atoms with van der Waals surface area (Å²) < 4.78 is 4.78. The Labute approximate surface area is 89.9 Å². The van der Waals surface area contributed by atoms with Crippen LogP contribution < -0.4 is 0 Å². The number of rotatable bonds is 4. The van der Waals surface area contributed by atoms with Gasteiger partial charge in [-0.1, -0.05) is 6.58 Å². The number of hydrogen-bond donors (Lipinski definition) is 0. The molecule has 84 valence electrons. The van der Waals surface area contributed by atoms with Gasteiger partial charge >= 0.3 is 5.97 Å². The fourth-order valence-corrected chi connectivity index (χ4v) is 1.54. The van der Waals surface area contributed by atoms with Crippen molar-refractivity contribution in [2.24, 2.45) is 5.41 Å². The summed E-state index contributed by atoms with van der Waals surface area (Å²) in [5, 5.41) is 0. The molecular formula is C11H17NO3. The molecule has 1 amide bonds. The average molecular weight is 211 g/mol. The van der Waals surface area contributed by atoms with E-state index in [-0.39, 0.29) is 23.7 Å². The first-order valence-corrected chi connectivity index (χ1v) is 5.04. The van der Waals surface area contributed by atoms with E-state index in [0.29, 0.717) is 18.8 Å². The number of amides is 1. The van der Waals surface area contributed by atoms with E-state index < -0.39 is 0 Å². The van der Waals surface area contributed by atoms with E-state index in [2.05, 4.69) is 6.58 Å². The van der Waals surface area contributed by atoms with E-state index in [1.165, 1.54) is 4.90 Å². The molecule has 0 aromatic rings. The van der Waals surface area contributed by atoms with E-state index >= 15 is 0 Å². The number of carbonyl (C=O) groups is 2. The van der Waals surface area contributed by atoms with E-state index in [0.717, 1.165) is 0 Å². The second-order valence-electron chi connectivity index (χ2n) is 4.32. The van der Waals surface area contributed by atoms with Crippen molar-refractivity contribution < 1.29 is 14.3 Å². The fraction of sp³-hybridized carbons (Fsp3) is 0.636. The molecule has 1 heterocycles. The van der Waals surface area contributed by atoms with Gasteiger partial charge in [0, 0.05) is 12.2 Å². The van der Waals surface area contributed by atoms with Crippen LogP contribution in [0.3, 0.4) is 0 Å². The lowest BCUT2D eigenvalue weighted by molar-refractivity contribution is -0.154. The van der Waals surface area contributed by atoms with Crippen molar-refractivity contribution in [3.8, 4) is 0 Å². The summed E-state index contributed by atoms with van der Waals surface area (Å²) in [5.74, 6) is -0.309. The molecule has 0 saturated carbocycles. The first-order chi connectivity index (χ1) is 6.88. The van der Waals surface area contributed by atoms with Crippen LogP contribution in [-0.2, 0) is 14.3 Å². The summed E-state index contributed by atoms with van der Waals surface area (Å²) >= 11 is 0. The molecule has 0 bridgehead atoms. The Kier molecular flexibility index (Phi) is 3.17. The van der Waals surface area contributed by atoms with Gasteiger partial charge in [0.05, 0.1) is 18.4 Å². The van der Waals surface area contributed by atoms with Crippen LogP contribution in [0.5, 0.6) is 0 Å². The number of ether oxygens (including phenoxy) is 1. The van der Waals surface area contributed by atoms with Crippen LogP contribution in [0.2, 0.25) is 0 Å². The molecule has 0 atom stereocenters. The molecule has 1 aliphatic rings. The summed E-state index contributed by atoms with van der Waals surface area (Å²) in [6.45, 7) is 10.2. The number of nitrogens with zero attached hydrogens (tertiary/aromatic N) is 1. The third-order valence-corrected chi connectivity index (χ3v) is 2.41. The van der Waals surface area contributed by atoms with Crippen LogP contribution in [0.25, 0.3) is 0 Å². The molecule has 4 nitrogen and oxygen atoms in total. The Bertz CT molecular complexity index is 307. The summed E-state index contributed by atoms with van der Waals surface area (Å²) in [4.78, 5) is 24.3. The van der Waals surface area contributed by atoms with Crippen LogP contribution >= 0.6 is 0 Å². The molecule has 4 heteroatoms. The lowest BCUT2D eigenvalue weighted by Crippen LogP contribution is -2.57. The number of likely N-dealkylation sites (tertiary alicyclic amines) is 1. The molecule has 0 spiro atoms. The molecule has 1 aliphatic heterocycles. The molecule has 15 heavy (non-hydrogen) atoms. The van der Waals surface area contributed by atoms with Gasteiger partial charge in [-0.2, -0.15) is 0 Å². The zero-order valence-corrected chi connectivity index (χ0v) is 9.50. The smallest absolute Gasteiger partial charge is 0.311 e. The summed E-state index contributed by atoms with van der Waals surface area (Å²) in [6, 6.07) is 0. The summed E-state index contributed by atoms with van der Waals surface area (Å²) in [6.07, 6.45) is 0.0929. The van der Waals surface area contributed by atoms with Crippen molar-refractivity contribution in [3.05, 3.63) is 12.3 Å². The van der Waals surface area contributed by atoms with E-state index in [1.54, 1.807) is 6.92 Å². The van der Waals surface area contributed by atoms with Crippen LogP contribution in [-0.4, -0.2) is 29.9 Å². The number of esters is 1. The second kappa shape index (κ2) is 4.04. The normalized spacial score (nSPS) is 18.3. The lowest BCUT2D eigenvalue weighted by atomic mass is 9.82. The zero-order valence-electron chi connectivity index (χ0n) is 9.50. The maximum atomic E-state index is 11.6. The summed E-state index contributed by atoms with van der Waals surface area (Å²) in [7, 11) is 0. The standard InChI is InChI=1S/C11H17NO3/c1-5-15-9(13)6-8(2)12-7-11(3,4)10(12)14/h2,5-7H2,1,3-4H3. The quantitative estimate of drug-likeness (QED) is 0.520. The van der Waals surface area contributed by atoms with Gasteiger partial charge in [-0.25, -0.2) is 0 Å². The van der Waals surface area contributed by atoms with Crippen molar-refractivity contribution in [3.63, 3.8) is 0 Å². The van der Waals surface area contributed by atoms with Gasteiger partial charge in [-0.3, -0.25) is 9.59 Å². The zero-order chi connectivity index (χ0) is 11.6. The third kappa shape index (κ3) is 2.37.